The molecule has 6 rings (SSSR count). The Labute approximate surface area is 201 Å². The first-order valence-corrected chi connectivity index (χ1v) is 13.7. The molecule has 0 saturated carbocycles. The normalized spacial score (nSPS) is 45.8. The van der Waals surface area contributed by atoms with Crippen LogP contribution in [0.2, 0.25) is 0 Å². The fourth-order valence-electron chi connectivity index (χ4n) is 7.75. The van der Waals surface area contributed by atoms with Gasteiger partial charge in [-0.25, -0.2) is 0 Å². The highest BCUT2D eigenvalue weighted by Crippen LogP contribution is 2.57. The molecule has 3 nitrogen and oxygen atoms in total. The van der Waals surface area contributed by atoms with Gasteiger partial charge in [-0.05, 0) is 76.7 Å². The largest absolute Gasteiger partial charge is 0.391 e. The minimum Gasteiger partial charge on any atom is -0.391 e. The highest BCUT2D eigenvalue weighted by atomic mass is 16.3. The lowest BCUT2D eigenvalue weighted by Gasteiger charge is -2.65. The Kier molecular flexibility index (Phi) is 7.69. The Bertz CT molecular complexity index is 808. The standard InChI is InChI=1S/C30H44N2O/c33-27-23-31-19-15-11-8-5-9-13-17-25-21-26-22-32-20-16-12-7-4-2-1-3-6-10-14-18-30(24-31,28(26)27)29(25)32/h1-2,5-7,9-10,12,21,26-29,33H,3-4,8,11,13-20,22-24H2/b2-1-,9-5-,10-6-,12-7-/t26?,27-,28?,29?,30?/m1/s1. The predicted octanol–water partition coefficient (Wildman–Crippen LogP) is 5.66. The van der Waals surface area contributed by atoms with Crippen molar-refractivity contribution in [3.8, 4) is 0 Å². The lowest BCUT2D eigenvalue weighted by molar-refractivity contribution is -0.159. The van der Waals surface area contributed by atoms with Crippen molar-refractivity contribution in [1.29, 1.82) is 0 Å². The van der Waals surface area contributed by atoms with Gasteiger partial charge in [0.05, 0.1) is 6.10 Å². The van der Waals surface area contributed by atoms with Gasteiger partial charge in [0.2, 0.25) is 0 Å². The lowest BCUT2D eigenvalue weighted by Crippen LogP contribution is -2.72. The molecule has 180 valence electrons. The van der Waals surface area contributed by atoms with Gasteiger partial charge in [0.1, 0.15) is 0 Å². The molecule has 5 heterocycles. The zero-order chi connectivity index (χ0) is 22.5. The molecular formula is C30H44N2O. The molecule has 0 aromatic carbocycles. The Morgan fingerprint density at radius 2 is 1.55 bits per heavy atom. The van der Waals surface area contributed by atoms with Crippen LogP contribution >= 0.6 is 0 Å². The molecule has 0 aromatic rings. The van der Waals surface area contributed by atoms with E-state index >= 15 is 0 Å². The van der Waals surface area contributed by atoms with Crippen LogP contribution in [0.5, 0.6) is 0 Å². The molecule has 3 heteroatoms. The number of hydrogen-bond acceptors (Lipinski definition) is 3. The van der Waals surface area contributed by atoms with Gasteiger partial charge in [0.15, 0.2) is 0 Å². The summed E-state index contributed by atoms with van der Waals surface area (Å²) in [5.41, 5.74) is 1.85. The van der Waals surface area contributed by atoms with Crippen molar-refractivity contribution in [3.63, 3.8) is 0 Å². The van der Waals surface area contributed by atoms with Crippen LogP contribution in [0, 0.1) is 17.3 Å². The van der Waals surface area contributed by atoms with Gasteiger partial charge >= 0.3 is 0 Å². The summed E-state index contributed by atoms with van der Waals surface area (Å²) in [4.78, 5) is 5.47. The number of aliphatic hydroxyl groups is 1. The van der Waals surface area contributed by atoms with Crippen molar-refractivity contribution in [2.24, 2.45) is 17.3 Å². The summed E-state index contributed by atoms with van der Waals surface area (Å²) in [5, 5.41) is 11.6. The zero-order valence-corrected chi connectivity index (χ0v) is 20.5. The summed E-state index contributed by atoms with van der Waals surface area (Å²) >= 11 is 0. The van der Waals surface area contributed by atoms with E-state index in [1.54, 1.807) is 5.57 Å². The molecule has 1 spiro atoms. The lowest BCUT2D eigenvalue weighted by atomic mass is 9.51. The van der Waals surface area contributed by atoms with Crippen LogP contribution in [0.15, 0.2) is 60.3 Å². The van der Waals surface area contributed by atoms with Crippen molar-refractivity contribution in [2.45, 2.75) is 76.4 Å². The first kappa shape index (κ1) is 23.3. The van der Waals surface area contributed by atoms with Crippen molar-refractivity contribution in [3.05, 3.63) is 60.3 Å². The van der Waals surface area contributed by atoms with Gasteiger partial charge in [-0.2, -0.15) is 0 Å². The quantitative estimate of drug-likeness (QED) is 0.485. The summed E-state index contributed by atoms with van der Waals surface area (Å²) in [7, 11) is 0. The smallest absolute Gasteiger partial charge is 0.0707 e. The highest BCUT2D eigenvalue weighted by molar-refractivity contribution is 5.31. The Morgan fingerprint density at radius 1 is 0.788 bits per heavy atom. The molecule has 7 atom stereocenters. The average Bonchev–Trinajstić information content (AvgIpc) is 2.80. The average molecular weight is 449 g/mol. The summed E-state index contributed by atoms with van der Waals surface area (Å²) in [5.74, 6) is 0.917. The van der Waals surface area contributed by atoms with E-state index in [1.165, 1.54) is 45.1 Å². The molecule has 1 aliphatic carbocycles. The molecule has 6 aliphatic rings. The van der Waals surface area contributed by atoms with E-state index in [-0.39, 0.29) is 11.5 Å². The number of allylic oxidation sites excluding steroid dienone is 7. The van der Waals surface area contributed by atoms with E-state index < -0.39 is 0 Å². The molecule has 5 aliphatic heterocycles. The number of nitrogens with zero attached hydrogens (tertiary/aromatic N) is 2. The number of fused-ring (bicyclic) bond motifs is 1. The van der Waals surface area contributed by atoms with E-state index in [9.17, 15) is 5.11 Å². The van der Waals surface area contributed by atoms with Gasteiger partial charge in [-0.15, -0.1) is 0 Å². The monoisotopic (exact) mass is 448 g/mol. The Balaban J connectivity index is 1.53. The number of aliphatic hydroxyl groups excluding tert-OH is 1. The Morgan fingerprint density at radius 3 is 2.42 bits per heavy atom. The topological polar surface area (TPSA) is 26.7 Å². The fourth-order valence-corrected chi connectivity index (χ4v) is 7.75. The predicted molar refractivity (Wildman–Crippen MR) is 138 cm³/mol. The maximum absolute atomic E-state index is 11.6. The van der Waals surface area contributed by atoms with Gasteiger partial charge < -0.3 is 10.0 Å². The van der Waals surface area contributed by atoms with Crippen molar-refractivity contribution >= 4 is 0 Å². The second-order valence-electron chi connectivity index (χ2n) is 11.1. The van der Waals surface area contributed by atoms with Crippen LogP contribution in [0.1, 0.15) is 64.2 Å². The first-order valence-electron chi connectivity index (χ1n) is 13.7. The SMILES string of the molecule is O[C@@H]1CN2CCCC/C=C\CCC3=CC4CN5CC/C=C\C/C=C\C/C=C\CCC(C2)(C41)C35. The van der Waals surface area contributed by atoms with Crippen LogP contribution in [0.4, 0.5) is 0 Å². The van der Waals surface area contributed by atoms with E-state index in [4.69, 9.17) is 0 Å². The molecular weight excluding hydrogens is 404 g/mol. The second kappa shape index (κ2) is 10.9. The van der Waals surface area contributed by atoms with Gasteiger partial charge in [-0.1, -0.05) is 60.3 Å². The van der Waals surface area contributed by atoms with Gasteiger partial charge in [0.25, 0.3) is 0 Å². The molecule has 6 unspecified atom stereocenters. The summed E-state index contributed by atoms with van der Waals surface area (Å²) in [6.45, 7) is 5.46. The zero-order valence-electron chi connectivity index (χ0n) is 20.5. The highest BCUT2D eigenvalue weighted by Gasteiger charge is 2.61. The fraction of sp³-hybridized carbons (Fsp3) is 0.667. The molecule has 6 bridgehead atoms. The summed E-state index contributed by atoms with van der Waals surface area (Å²) in [6.07, 6.45) is 33.0. The Hall–Kier alpha value is -1.42. The maximum Gasteiger partial charge on any atom is 0.0707 e. The molecule has 2 saturated heterocycles. The van der Waals surface area contributed by atoms with Crippen LogP contribution in [0.25, 0.3) is 0 Å². The third kappa shape index (κ3) is 5.01. The number of rotatable bonds is 0. The van der Waals surface area contributed by atoms with Crippen LogP contribution < -0.4 is 0 Å². The molecule has 33 heavy (non-hydrogen) atoms. The summed E-state index contributed by atoms with van der Waals surface area (Å²) in [6, 6.07) is 0.490. The van der Waals surface area contributed by atoms with Crippen LogP contribution in [-0.2, 0) is 0 Å². The van der Waals surface area contributed by atoms with Crippen molar-refractivity contribution in [1.82, 2.24) is 9.80 Å². The van der Waals surface area contributed by atoms with Crippen molar-refractivity contribution in [2.75, 3.05) is 32.7 Å². The first-order chi connectivity index (χ1) is 16.3. The van der Waals surface area contributed by atoms with E-state index in [1.807, 2.05) is 0 Å². The second-order valence-corrected chi connectivity index (χ2v) is 11.1. The van der Waals surface area contributed by atoms with Crippen LogP contribution in [0.3, 0.4) is 0 Å². The van der Waals surface area contributed by atoms with Gasteiger partial charge in [0, 0.05) is 43.6 Å². The minimum atomic E-state index is -0.191. The summed E-state index contributed by atoms with van der Waals surface area (Å²) < 4.78 is 0. The molecule has 1 N–H and O–H groups in total. The van der Waals surface area contributed by atoms with Crippen LogP contribution in [-0.4, -0.2) is 59.8 Å². The van der Waals surface area contributed by atoms with E-state index in [0.29, 0.717) is 17.9 Å². The van der Waals surface area contributed by atoms with Gasteiger partial charge in [-0.3, -0.25) is 4.90 Å². The molecule has 2 fully saturated rings. The molecule has 0 radical (unpaired) electrons. The third-order valence-electron chi connectivity index (χ3n) is 8.90. The maximum atomic E-state index is 11.6. The van der Waals surface area contributed by atoms with E-state index in [0.717, 1.165) is 51.9 Å². The molecule has 0 amide bonds. The molecule has 0 aromatic heterocycles. The van der Waals surface area contributed by atoms with Crippen molar-refractivity contribution < 1.29 is 5.11 Å². The number of hydrogen-bond donors (Lipinski definition) is 1. The number of piperidine rings is 2. The minimum absolute atomic E-state index is 0.173. The third-order valence-corrected chi connectivity index (χ3v) is 8.90. The van der Waals surface area contributed by atoms with E-state index in [2.05, 4.69) is 64.5 Å².